The van der Waals surface area contributed by atoms with E-state index in [9.17, 15) is 14.3 Å². The zero-order valence-corrected chi connectivity index (χ0v) is 25.2. The maximum Gasteiger partial charge on any atom is 0.252 e. The molecule has 2 aliphatic rings. The summed E-state index contributed by atoms with van der Waals surface area (Å²) in [6.07, 6.45) is 2.48. The average Bonchev–Trinajstić information content (AvgIpc) is 3.53. The molecular weight excluding hydrogens is 565 g/mol. The van der Waals surface area contributed by atoms with E-state index in [2.05, 4.69) is 49.7 Å². The number of carbonyl (C=O) groups is 1. The molecule has 230 valence electrons. The van der Waals surface area contributed by atoms with Crippen molar-refractivity contribution in [1.82, 2.24) is 20.5 Å². The van der Waals surface area contributed by atoms with Crippen molar-refractivity contribution in [1.29, 1.82) is 0 Å². The fraction of sp³-hybridized carbons (Fsp3) is 0.270. The Morgan fingerprint density at radius 3 is 2.40 bits per heavy atom. The minimum Gasteiger partial charge on any atom is -0.508 e. The van der Waals surface area contributed by atoms with Gasteiger partial charge in [0.15, 0.2) is 0 Å². The Morgan fingerprint density at radius 2 is 1.62 bits per heavy atom. The fourth-order valence-corrected chi connectivity index (χ4v) is 6.77. The summed E-state index contributed by atoms with van der Waals surface area (Å²) in [5.74, 6) is -0.915. The number of piperazine rings is 1. The number of para-hydroxylation sites is 1. The number of phenols is 1. The number of aromatic amines is 1. The second kappa shape index (κ2) is 12.8. The minimum absolute atomic E-state index is 0.0955. The van der Waals surface area contributed by atoms with Crippen LogP contribution < -0.4 is 15.5 Å². The summed E-state index contributed by atoms with van der Waals surface area (Å²) in [6.45, 7) is 6.48. The Balaban J connectivity index is 1.08. The molecule has 0 spiro atoms. The van der Waals surface area contributed by atoms with Gasteiger partial charge < -0.3 is 25.6 Å². The number of H-pyrrole nitrogens is 1. The first-order valence-electron chi connectivity index (χ1n) is 15.8. The zero-order valence-electron chi connectivity index (χ0n) is 25.2. The molecular formula is C37H38FN5O2. The number of carbonyl (C=O) groups excluding carboxylic acids is 1. The number of hydrogen-bond donors (Lipinski definition) is 4. The standard InChI is InChI=1S/C37H38FN5O2/c38-29-10-13-35(44)32(24-29)36(34-23-27-4-1-2-7-33(27)40-34)41-37(45)28-6-3-5-26(22-28)25-8-11-30(12-9-25)42-18-20-43(21-19-42)31-14-16-39-17-15-31/h1-13,22-24,31,36,39-40,44H,14-21H2,(H,41,45)/t36-/m1/s1. The number of aromatic nitrogens is 1. The summed E-state index contributed by atoms with van der Waals surface area (Å²) in [5.41, 5.74) is 5.46. The SMILES string of the molecule is O=C(N[C@@H](c1cc2ccccc2[nH]1)c1cc(F)ccc1O)c1cccc(-c2ccc(N3CCN(C4CCNCC4)CC3)cc2)c1. The molecule has 4 N–H and O–H groups in total. The highest BCUT2D eigenvalue weighted by Crippen LogP contribution is 2.32. The van der Waals surface area contributed by atoms with E-state index in [1.54, 1.807) is 6.07 Å². The summed E-state index contributed by atoms with van der Waals surface area (Å²) in [6, 6.07) is 29.4. The van der Waals surface area contributed by atoms with E-state index >= 15 is 0 Å². The smallest absolute Gasteiger partial charge is 0.252 e. The monoisotopic (exact) mass is 603 g/mol. The number of amides is 1. The maximum atomic E-state index is 14.3. The van der Waals surface area contributed by atoms with Gasteiger partial charge in [-0.25, -0.2) is 4.39 Å². The number of rotatable bonds is 7. The van der Waals surface area contributed by atoms with E-state index in [4.69, 9.17) is 0 Å². The van der Waals surface area contributed by atoms with E-state index in [1.165, 1.54) is 36.7 Å². The number of hydrogen-bond acceptors (Lipinski definition) is 5. The van der Waals surface area contributed by atoms with Crippen LogP contribution in [0.5, 0.6) is 5.75 Å². The van der Waals surface area contributed by atoms with Crippen LogP contribution in [0.15, 0.2) is 97.1 Å². The largest absolute Gasteiger partial charge is 0.508 e. The lowest BCUT2D eigenvalue weighted by Crippen LogP contribution is -2.52. The Labute approximate surface area is 262 Å². The average molecular weight is 604 g/mol. The highest BCUT2D eigenvalue weighted by Gasteiger charge is 2.26. The third-order valence-corrected chi connectivity index (χ3v) is 9.27. The Kier molecular flexibility index (Phi) is 8.24. The number of aromatic hydroxyl groups is 1. The molecule has 1 aromatic heterocycles. The van der Waals surface area contributed by atoms with Crippen LogP contribution in [0, 0.1) is 5.82 Å². The second-order valence-corrected chi connectivity index (χ2v) is 12.1. The van der Waals surface area contributed by atoms with Crippen LogP contribution in [0.3, 0.4) is 0 Å². The van der Waals surface area contributed by atoms with Crippen LogP contribution in [-0.4, -0.2) is 66.2 Å². The molecule has 2 fully saturated rings. The van der Waals surface area contributed by atoms with Crippen molar-refractivity contribution in [2.24, 2.45) is 0 Å². The molecule has 7 rings (SSSR count). The van der Waals surface area contributed by atoms with Gasteiger partial charge in [0, 0.05) is 60.2 Å². The van der Waals surface area contributed by atoms with Gasteiger partial charge in [0.05, 0.1) is 6.04 Å². The number of nitrogens with zero attached hydrogens (tertiary/aromatic N) is 2. The van der Waals surface area contributed by atoms with Gasteiger partial charge in [0.1, 0.15) is 11.6 Å². The maximum absolute atomic E-state index is 14.3. The van der Waals surface area contributed by atoms with Crippen molar-refractivity contribution >= 4 is 22.5 Å². The number of piperidine rings is 1. The third-order valence-electron chi connectivity index (χ3n) is 9.27. The predicted octanol–water partition coefficient (Wildman–Crippen LogP) is 6.07. The van der Waals surface area contributed by atoms with Crippen molar-refractivity contribution in [2.45, 2.75) is 24.9 Å². The van der Waals surface area contributed by atoms with Crippen molar-refractivity contribution in [3.63, 3.8) is 0 Å². The molecule has 0 radical (unpaired) electrons. The molecule has 0 saturated carbocycles. The van der Waals surface area contributed by atoms with Gasteiger partial charge in [0.2, 0.25) is 0 Å². The number of anilines is 1. The molecule has 5 aromatic rings. The normalized spacial score (nSPS) is 17.0. The van der Waals surface area contributed by atoms with Crippen LogP contribution in [0.1, 0.15) is 40.5 Å². The molecule has 1 atom stereocenters. The summed E-state index contributed by atoms with van der Waals surface area (Å²) >= 11 is 0. The number of phenolic OH excluding ortho intramolecular Hbond substituents is 1. The van der Waals surface area contributed by atoms with E-state index < -0.39 is 11.9 Å². The number of halogens is 1. The molecule has 45 heavy (non-hydrogen) atoms. The van der Waals surface area contributed by atoms with E-state index in [-0.39, 0.29) is 17.2 Å². The van der Waals surface area contributed by atoms with Gasteiger partial charge in [-0.1, -0.05) is 42.5 Å². The molecule has 0 unspecified atom stereocenters. The minimum atomic E-state index is -0.793. The zero-order chi connectivity index (χ0) is 30.8. The number of benzene rings is 4. The van der Waals surface area contributed by atoms with Gasteiger partial charge in [0.25, 0.3) is 5.91 Å². The molecule has 7 nitrogen and oxygen atoms in total. The van der Waals surface area contributed by atoms with E-state index in [1.807, 2.05) is 48.5 Å². The summed E-state index contributed by atoms with van der Waals surface area (Å²) in [5, 5.41) is 18.1. The molecule has 4 aromatic carbocycles. The van der Waals surface area contributed by atoms with E-state index in [0.717, 1.165) is 61.3 Å². The summed E-state index contributed by atoms with van der Waals surface area (Å²) in [7, 11) is 0. The quantitative estimate of drug-likeness (QED) is 0.182. The first-order valence-corrected chi connectivity index (χ1v) is 15.8. The molecule has 0 aliphatic carbocycles. The van der Waals surface area contributed by atoms with Crippen molar-refractivity contribution in [2.75, 3.05) is 44.2 Å². The van der Waals surface area contributed by atoms with Gasteiger partial charge in [-0.15, -0.1) is 0 Å². The summed E-state index contributed by atoms with van der Waals surface area (Å²) < 4.78 is 14.3. The highest BCUT2D eigenvalue weighted by atomic mass is 19.1. The number of nitrogens with one attached hydrogen (secondary N) is 3. The predicted molar refractivity (Wildman–Crippen MR) is 177 cm³/mol. The van der Waals surface area contributed by atoms with Gasteiger partial charge in [-0.3, -0.25) is 9.69 Å². The fourth-order valence-electron chi connectivity index (χ4n) is 6.77. The first-order chi connectivity index (χ1) is 22.0. The van der Waals surface area contributed by atoms with Crippen molar-refractivity contribution < 1.29 is 14.3 Å². The first kappa shape index (κ1) is 29.1. The molecule has 2 aliphatic heterocycles. The molecule has 2 saturated heterocycles. The van der Waals surface area contributed by atoms with Crippen LogP contribution in [0.4, 0.5) is 10.1 Å². The van der Waals surface area contributed by atoms with Crippen LogP contribution in [0.2, 0.25) is 0 Å². The third kappa shape index (κ3) is 6.30. The number of fused-ring (bicyclic) bond motifs is 1. The van der Waals surface area contributed by atoms with Crippen LogP contribution >= 0.6 is 0 Å². The molecule has 1 amide bonds. The van der Waals surface area contributed by atoms with E-state index in [0.29, 0.717) is 17.3 Å². The Bertz CT molecular complexity index is 1760. The summed E-state index contributed by atoms with van der Waals surface area (Å²) in [4.78, 5) is 22.1. The molecule has 0 bridgehead atoms. The Morgan fingerprint density at radius 1 is 0.844 bits per heavy atom. The van der Waals surface area contributed by atoms with Crippen molar-refractivity contribution in [3.05, 3.63) is 120 Å². The molecule has 3 heterocycles. The lowest BCUT2D eigenvalue weighted by atomic mass is 10.00. The van der Waals surface area contributed by atoms with Crippen molar-refractivity contribution in [3.8, 4) is 16.9 Å². The lowest BCUT2D eigenvalue weighted by molar-refractivity contribution is 0.0942. The second-order valence-electron chi connectivity index (χ2n) is 12.1. The van der Waals surface area contributed by atoms with Crippen LogP contribution in [0.25, 0.3) is 22.0 Å². The molecule has 8 heteroatoms. The Hall–Kier alpha value is -4.66. The van der Waals surface area contributed by atoms with Gasteiger partial charge in [-0.2, -0.15) is 0 Å². The topological polar surface area (TPSA) is 83.6 Å². The van der Waals surface area contributed by atoms with Gasteiger partial charge in [-0.05, 0) is 97.0 Å². The lowest BCUT2D eigenvalue weighted by Gasteiger charge is -2.41. The van der Waals surface area contributed by atoms with Crippen LogP contribution in [-0.2, 0) is 0 Å². The van der Waals surface area contributed by atoms with Gasteiger partial charge >= 0.3 is 0 Å². The highest BCUT2D eigenvalue weighted by molar-refractivity contribution is 5.96.